The van der Waals surface area contributed by atoms with Gasteiger partial charge in [0.05, 0.1) is 15.6 Å². The number of carboxylic acid groups (broad SMARTS) is 1. The van der Waals surface area contributed by atoms with Gasteiger partial charge < -0.3 is 20.5 Å². The van der Waals surface area contributed by atoms with Crippen molar-refractivity contribution in [1.82, 2.24) is 5.32 Å². The Bertz CT molecular complexity index is 1240. The minimum atomic E-state index is -1.14. The van der Waals surface area contributed by atoms with Crippen LogP contribution in [0.3, 0.4) is 0 Å². The minimum absolute atomic E-state index is 0.0716. The molecule has 0 unspecified atom stereocenters. The van der Waals surface area contributed by atoms with Crippen LogP contribution in [-0.4, -0.2) is 40.5 Å². The Labute approximate surface area is 237 Å². The molecule has 1 aliphatic carbocycles. The largest absolute Gasteiger partial charge is 0.480 e. The van der Waals surface area contributed by atoms with Gasteiger partial charge in [0.15, 0.2) is 0 Å². The van der Waals surface area contributed by atoms with E-state index < -0.39 is 29.5 Å². The van der Waals surface area contributed by atoms with Crippen molar-refractivity contribution in [2.75, 3.05) is 5.32 Å². The number of rotatable bonds is 8. The van der Waals surface area contributed by atoms with E-state index in [4.69, 9.17) is 27.9 Å². The first-order valence-electron chi connectivity index (χ1n) is 12.6. The van der Waals surface area contributed by atoms with Crippen LogP contribution in [0.2, 0.25) is 10.0 Å². The quantitative estimate of drug-likeness (QED) is 0.270. The van der Waals surface area contributed by atoms with Crippen LogP contribution in [0.15, 0.2) is 54.1 Å². The third kappa shape index (κ3) is 9.11. The number of benzene rings is 2. The molecule has 1 aliphatic rings. The molecule has 0 aliphatic heterocycles. The fourth-order valence-electron chi connectivity index (χ4n) is 4.25. The van der Waals surface area contributed by atoms with Gasteiger partial charge in [-0.25, -0.2) is 9.59 Å². The number of anilines is 1. The number of esters is 1. The average molecular weight is 575 g/mol. The Morgan fingerprint density at radius 3 is 2.15 bits per heavy atom. The third-order valence-corrected chi connectivity index (χ3v) is 6.81. The van der Waals surface area contributed by atoms with Crippen molar-refractivity contribution in [3.63, 3.8) is 0 Å². The topological polar surface area (TPSA) is 122 Å². The van der Waals surface area contributed by atoms with E-state index in [0.717, 1.165) is 5.57 Å². The molecule has 0 bridgehead atoms. The summed E-state index contributed by atoms with van der Waals surface area (Å²) in [5, 5.41) is 15.5. The first-order chi connectivity index (χ1) is 18.3. The number of hydrogen-bond donors (Lipinski definition) is 3. The van der Waals surface area contributed by atoms with Crippen LogP contribution < -0.4 is 10.6 Å². The highest BCUT2D eigenvalue weighted by molar-refractivity contribution is 6.40. The highest BCUT2D eigenvalue weighted by atomic mass is 35.5. The lowest BCUT2D eigenvalue weighted by atomic mass is 9.85. The monoisotopic (exact) mass is 574 g/mol. The maximum Gasteiger partial charge on any atom is 0.331 e. The van der Waals surface area contributed by atoms with E-state index >= 15 is 0 Å². The molecule has 1 atom stereocenters. The number of aliphatic carboxylic acids is 1. The zero-order valence-corrected chi connectivity index (χ0v) is 23.6. The maximum absolute atomic E-state index is 12.8. The van der Waals surface area contributed by atoms with Crippen molar-refractivity contribution in [2.45, 2.75) is 64.5 Å². The molecule has 10 heteroatoms. The van der Waals surface area contributed by atoms with Gasteiger partial charge in [0, 0.05) is 24.1 Å². The summed E-state index contributed by atoms with van der Waals surface area (Å²) in [6, 6.07) is 10.3. The minimum Gasteiger partial charge on any atom is -0.480 e. The number of ether oxygens (including phenoxy) is 1. The summed E-state index contributed by atoms with van der Waals surface area (Å²) in [4.78, 5) is 49.3. The summed E-state index contributed by atoms with van der Waals surface area (Å²) in [6.45, 7) is 5.40. The Hall–Kier alpha value is -3.36. The number of carbonyl (C=O) groups excluding carboxylic acids is 3. The van der Waals surface area contributed by atoms with Gasteiger partial charge in [-0.15, -0.1) is 0 Å². The van der Waals surface area contributed by atoms with E-state index in [1.54, 1.807) is 63.2 Å². The van der Waals surface area contributed by atoms with Gasteiger partial charge in [0.25, 0.3) is 5.91 Å². The van der Waals surface area contributed by atoms with Gasteiger partial charge in [-0.05, 0) is 76.3 Å². The second-order valence-corrected chi connectivity index (χ2v) is 11.3. The molecule has 2 aromatic rings. The normalized spacial score (nSPS) is 16.1. The van der Waals surface area contributed by atoms with Crippen LogP contribution in [0.5, 0.6) is 0 Å². The van der Waals surface area contributed by atoms with E-state index in [1.807, 2.05) is 0 Å². The Morgan fingerprint density at radius 1 is 1.03 bits per heavy atom. The first-order valence-corrected chi connectivity index (χ1v) is 13.4. The van der Waals surface area contributed by atoms with Crippen LogP contribution in [0.1, 0.15) is 62.4 Å². The van der Waals surface area contributed by atoms with E-state index in [1.165, 1.54) is 6.08 Å². The average Bonchev–Trinajstić information content (AvgIpc) is 2.83. The van der Waals surface area contributed by atoms with Crippen molar-refractivity contribution < 1.29 is 29.0 Å². The molecule has 0 spiro atoms. The fourth-order valence-corrected chi connectivity index (χ4v) is 4.82. The second-order valence-electron chi connectivity index (χ2n) is 10.5. The molecule has 0 radical (unpaired) electrons. The van der Waals surface area contributed by atoms with E-state index in [-0.39, 0.29) is 33.9 Å². The molecule has 0 aromatic heterocycles. The van der Waals surface area contributed by atoms with Crippen LogP contribution in [0, 0.1) is 5.92 Å². The number of carboxylic acids is 1. The van der Waals surface area contributed by atoms with Crippen molar-refractivity contribution in [2.24, 2.45) is 5.92 Å². The highest BCUT2D eigenvalue weighted by Crippen LogP contribution is 2.29. The van der Waals surface area contributed by atoms with Crippen molar-refractivity contribution in [1.29, 1.82) is 0 Å². The van der Waals surface area contributed by atoms with Crippen LogP contribution in [0.4, 0.5) is 5.69 Å². The summed E-state index contributed by atoms with van der Waals surface area (Å²) in [5.41, 5.74) is 1.66. The van der Waals surface area contributed by atoms with E-state index in [0.29, 0.717) is 36.9 Å². The second kappa shape index (κ2) is 13.1. The lowest BCUT2D eigenvalue weighted by molar-refractivity contribution is -0.148. The number of nitrogens with one attached hydrogen (secondary N) is 2. The molecule has 3 rings (SSSR count). The smallest absolute Gasteiger partial charge is 0.331 e. The molecular formula is C29H32Cl2N2O6. The van der Waals surface area contributed by atoms with Crippen LogP contribution >= 0.6 is 23.2 Å². The van der Waals surface area contributed by atoms with Gasteiger partial charge in [-0.1, -0.05) is 47.0 Å². The molecule has 1 fully saturated rings. The number of carbonyl (C=O) groups is 4. The summed E-state index contributed by atoms with van der Waals surface area (Å²) in [7, 11) is 0. The zero-order valence-electron chi connectivity index (χ0n) is 22.1. The van der Waals surface area contributed by atoms with Gasteiger partial charge in [0.2, 0.25) is 5.91 Å². The summed E-state index contributed by atoms with van der Waals surface area (Å²) >= 11 is 12.2. The van der Waals surface area contributed by atoms with Gasteiger partial charge >= 0.3 is 11.9 Å². The molecule has 208 valence electrons. The molecule has 1 saturated carbocycles. The SMILES string of the molecule is CC(C)(C)OC(=O)C=C1CCC(C(=O)N[C@@H](Cc2ccc(NC(=O)c3c(Cl)cccc3Cl)cc2)C(=O)O)CC1. The standard InChI is InChI=1S/C29H32Cl2N2O6/c1-29(2,3)39-24(34)16-18-7-11-19(12-8-18)26(35)33-23(28(37)38)15-17-9-13-20(14-10-17)32-27(36)25-21(30)5-4-6-22(25)31/h4-6,9-10,13-14,16,19,23H,7-8,11-12,15H2,1-3H3,(H,32,36)(H,33,35)(H,37,38)/t19?,23-/m0/s1. The van der Waals surface area contributed by atoms with E-state index in [9.17, 15) is 24.3 Å². The number of amides is 2. The molecule has 0 heterocycles. The predicted molar refractivity (Wildman–Crippen MR) is 150 cm³/mol. The Balaban J connectivity index is 1.55. The highest BCUT2D eigenvalue weighted by Gasteiger charge is 2.28. The number of halogens is 2. The summed E-state index contributed by atoms with van der Waals surface area (Å²) < 4.78 is 5.32. The Morgan fingerprint density at radius 2 is 1.62 bits per heavy atom. The van der Waals surface area contributed by atoms with Gasteiger partial charge in [-0.2, -0.15) is 0 Å². The molecular weight excluding hydrogens is 543 g/mol. The summed E-state index contributed by atoms with van der Waals surface area (Å²) in [6.07, 6.45) is 3.76. The first kappa shape index (κ1) is 30.2. The van der Waals surface area contributed by atoms with Crippen molar-refractivity contribution in [3.05, 3.63) is 75.3 Å². The van der Waals surface area contributed by atoms with Crippen molar-refractivity contribution in [3.8, 4) is 0 Å². The molecule has 2 aromatic carbocycles. The number of hydrogen-bond acceptors (Lipinski definition) is 5. The van der Waals surface area contributed by atoms with E-state index in [2.05, 4.69) is 10.6 Å². The molecule has 0 saturated heterocycles. The lowest BCUT2D eigenvalue weighted by Gasteiger charge is -2.25. The Kier molecular flexibility index (Phi) is 10.2. The summed E-state index contributed by atoms with van der Waals surface area (Å²) in [5.74, 6) is -2.67. The van der Waals surface area contributed by atoms with Gasteiger partial charge in [-0.3, -0.25) is 9.59 Å². The van der Waals surface area contributed by atoms with Crippen LogP contribution in [0.25, 0.3) is 0 Å². The lowest BCUT2D eigenvalue weighted by Crippen LogP contribution is -2.45. The number of allylic oxidation sites excluding steroid dienone is 1. The molecule has 8 nitrogen and oxygen atoms in total. The molecule has 39 heavy (non-hydrogen) atoms. The third-order valence-electron chi connectivity index (χ3n) is 6.18. The fraction of sp³-hybridized carbons (Fsp3) is 0.379. The molecule has 3 N–H and O–H groups in total. The zero-order chi connectivity index (χ0) is 28.7. The molecule has 2 amide bonds. The van der Waals surface area contributed by atoms with Crippen LogP contribution in [-0.2, 0) is 25.5 Å². The van der Waals surface area contributed by atoms with Crippen molar-refractivity contribution >= 4 is 52.6 Å². The predicted octanol–water partition coefficient (Wildman–Crippen LogP) is 5.82. The maximum atomic E-state index is 12.8. The van der Waals surface area contributed by atoms with Gasteiger partial charge in [0.1, 0.15) is 11.6 Å².